The first kappa shape index (κ1) is 22.4. The van der Waals surface area contributed by atoms with Gasteiger partial charge >= 0.3 is 42.6 Å². The summed E-state index contributed by atoms with van der Waals surface area (Å²) in [4.78, 5) is 9.00. The zero-order valence-corrected chi connectivity index (χ0v) is 9.23. The van der Waals surface area contributed by atoms with Crippen LogP contribution in [-0.2, 0) is 19.5 Å². The summed E-state index contributed by atoms with van der Waals surface area (Å²) in [6.07, 6.45) is 0. The van der Waals surface area contributed by atoms with Gasteiger partial charge in [0.05, 0.1) is 0 Å². The van der Waals surface area contributed by atoms with Gasteiger partial charge in [-0.1, -0.05) is 0 Å². The van der Waals surface area contributed by atoms with Crippen molar-refractivity contribution in [1.82, 2.24) is 12.3 Å². The molecular weight excluding hydrogens is 238 g/mol. The fourth-order valence-electron chi connectivity index (χ4n) is 0. The second kappa shape index (κ2) is 16.5. The monoisotopic (exact) mass is 247 g/mol. The average Bonchev–Trinajstić information content (AvgIpc) is 1.25. The molecule has 0 saturated heterocycles. The molecular formula is C2H10Cl3N2O2Ti. The van der Waals surface area contributed by atoms with Gasteiger partial charge < -0.3 is 17.4 Å². The van der Waals surface area contributed by atoms with Gasteiger partial charge in [0, 0.05) is 6.92 Å². The summed E-state index contributed by atoms with van der Waals surface area (Å²) in [5.74, 6) is -0.833. The number of carbonyl (C=O) groups is 1. The Morgan fingerprint density at radius 2 is 1.30 bits per heavy atom. The first-order valence-electron chi connectivity index (χ1n) is 1.49. The molecule has 8 heteroatoms. The van der Waals surface area contributed by atoms with E-state index in [0.29, 0.717) is 0 Å². The molecule has 0 aliphatic rings. The first-order valence-corrected chi connectivity index (χ1v) is 7.94. The van der Waals surface area contributed by atoms with Crippen LogP contribution in [0.3, 0.4) is 0 Å². The van der Waals surface area contributed by atoms with E-state index in [1.165, 1.54) is 0 Å². The molecule has 0 fully saturated rings. The van der Waals surface area contributed by atoms with Crippen molar-refractivity contribution in [3.05, 3.63) is 0 Å². The van der Waals surface area contributed by atoms with Gasteiger partial charge in [-0.3, -0.25) is 4.79 Å². The molecule has 4 nitrogen and oxygen atoms in total. The zero-order valence-electron chi connectivity index (χ0n) is 5.40. The van der Waals surface area contributed by atoms with E-state index in [-0.39, 0.29) is 12.3 Å². The van der Waals surface area contributed by atoms with Crippen molar-refractivity contribution >= 4 is 33.9 Å². The van der Waals surface area contributed by atoms with Crippen molar-refractivity contribution in [2.45, 2.75) is 6.92 Å². The Morgan fingerprint density at radius 1 is 1.30 bits per heavy atom. The molecule has 0 saturated carbocycles. The van der Waals surface area contributed by atoms with E-state index >= 15 is 0 Å². The van der Waals surface area contributed by atoms with Crippen LogP contribution in [0.5, 0.6) is 0 Å². The van der Waals surface area contributed by atoms with Crippen LogP contribution in [0.1, 0.15) is 6.92 Å². The second-order valence-corrected chi connectivity index (χ2v) is 8.47. The van der Waals surface area contributed by atoms with Crippen molar-refractivity contribution in [1.29, 1.82) is 0 Å². The third kappa shape index (κ3) is 601. The normalized spacial score (nSPS) is 5.20. The third-order valence-corrected chi connectivity index (χ3v) is 0. The Kier molecular flexibility index (Phi) is 37.1. The predicted molar refractivity (Wildman–Crippen MR) is 40.9 cm³/mol. The first-order chi connectivity index (χ1) is 3.46. The van der Waals surface area contributed by atoms with Gasteiger partial charge in [-0.25, -0.2) is 0 Å². The standard InChI is InChI=1S/C2H4O2.3ClH.2H3N.Ti/c1-2(3)4;;;;;;/h1H3,(H,3,4);3*1H;2*1H3;/q;;;;;;+3/p-3. The Balaban J connectivity index is -0.0000000300. The summed E-state index contributed by atoms with van der Waals surface area (Å²) < 4.78 is 0. The van der Waals surface area contributed by atoms with E-state index in [0.717, 1.165) is 6.92 Å². The summed E-state index contributed by atoms with van der Waals surface area (Å²) in [5.41, 5.74) is 0. The Bertz CT molecular complexity index is 66.8. The molecule has 0 radical (unpaired) electrons. The van der Waals surface area contributed by atoms with Gasteiger partial charge in [0.25, 0.3) is 5.97 Å². The average molecular weight is 248 g/mol. The van der Waals surface area contributed by atoms with Crippen LogP contribution in [0.2, 0.25) is 0 Å². The minimum absolute atomic E-state index is 0. The van der Waals surface area contributed by atoms with Gasteiger partial charge in [0.15, 0.2) is 0 Å². The maximum atomic E-state index is 9.00. The van der Waals surface area contributed by atoms with Gasteiger partial charge in [0.2, 0.25) is 0 Å². The van der Waals surface area contributed by atoms with Crippen LogP contribution in [0.25, 0.3) is 0 Å². The van der Waals surface area contributed by atoms with Crippen LogP contribution in [-0.4, -0.2) is 11.1 Å². The molecule has 0 aliphatic carbocycles. The second-order valence-electron chi connectivity index (χ2n) is 0.733. The van der Waals surface area contributed by atoms with Crippen molar-refractivity contribution in [3.63, 3.8) is 0 Å². The van der Waals surface area contributed by atoms with E-state index in [9.17, 15) is 0 Å². The summed E-state index contributed by atoms with van der Waals surface area (Å²) in [7, 11) is 14.9. The SMILES string of the molecule is CC(=O)O.N.N.[Cl][Ti]([Cl])[Cl]. The number of rotatable bonds is 0. The summed E-state index contributed by atoms with van der Waals surface area (Å²) in [5, 5.41) is 7.42. The Morgan fingerprint density at radius 3 is 1.30 bits per heavy atom. The van der Waals surface area contributed by atoms with E-state index in [2.05, 4.69) is 0 Å². The molecule has 0 spiro atoms. The van der Waals surface area contributed by atoms with E-state index in [4.69, 9.17) is 37.8 Å². The van der Waals surface area contributed by atoms with Gasteiger partial charge in [-0.15, -0.1) is 0 Å². The molecule has 10 heavy (non-hydrogen) atoms. The van der Waals surface area contributed by atoms with Gasteiger partial charge in [-0.05, 0) is 0 Å². The molecule has 0 atom stereocenters. The molecule has 0 amide bonds. The number of carboxylic acid groups (broad SMARTS) is 1. The van der Waals surface area contributed by atoms with Crippen molar-refractivity contribution in [2.24, 2.45) is 0 Å². The van der Waals surface area contributed by atoms with Crippen LogP contribution in [0.4, 0.5) is 0 Å². The van der Waals surface area contributed by atoms with E-state index < -0.39 is 20.7 Å². The molecule has 0 aromatic rings. The number of hydrogen-bond donors (Lipinski definition) is 3. The Hall–Kier alpha value is 0.974. The van der Waals surface area contributed by atoms with Crippen LogP contribution < -0.4 is 12.3 Å². The molecule has 65 valence electrons. The maximum absolute atomic E-state index is 9.00. The molecule has 0 unspecified atom stereocenters. The minimum atomic E-state index is -1.92. The number of carboxylic acids is 1. The molecule has 0 rings (SSSR count). The molecule has 0 heterocycles. The van der Waals surface area contributed by atoms with Crippen LogP contribution in [0.15, 0.2) is 0 Å². The van der Waals surface area contributed by atoms with Gasteiger partial charge in [-0.2, -0.15) is 0 Å². The molecule has 0 aromatic heterocycles. The van der Waals surface area contributed by atoms with E-state index in [1.54, 1.807) is 0 Å². The molecule has 0 aliphatic heterocycles. The van der Waals surface area contributed by atoms with Crippen molar-refractivity contribution in [2.75, 3.05) is 0 Å². The zero-order chi connectivity index (χ0) is 7.15. The van der Waals surface area contributed by atoms with Crippen LogP contribution in [0, 0.1) is 0 Å². The summed E-state index contributed by atoms with van der Waals surface area (Å²) >= 11 is -1.92. The predicted octanol–water partition coefficient (Wildman–Crippen LogP) is 2.48. The third-order valence-electron chi connectivity index (χ3n) is 0. The van der Waals surface area contributed by atoms with Crippen LogP contribution >= 0.6 is 27.9 Å². The fraction of sp³-hybridized carbons (Fsp3) is 0.500. The topological polar surface area (TPSA) is 107 Å². The molecule has 0 aromatic carbocycles. The number of hydrogen-bond acceptors (Lipinski definition) is 3. The van der Waals surface area contributed by atoms with E-state index in [1.807, 2.05) is 0 Å². The fourth-order valence-corrected chi connectivity index (χ4v) is 0. The van der Waals surface area contributed by atoms with Gasteiger partial charge in [0.1, 0.15) is 0 Å². The summed E-state index contributed by atoms with van der Waals surface area (Å²) in [6, 6.07) is 0. The molecule has 7 N–H and O–H groups in total. The van der Waals surface area contributed by atoms with Crippen molar-refractivity contribution < 1.29 is 24.6 Å². The molecule has 0 bridgehead atoms. The van der Waals surface area contributed by atoms with Crippen molar-refractivity contribution in [3.8, 4) is 0 Å². The quantitative estimate of drug-likeness (QED) is 0.572. The summed E-state index contributed by atoms with van der Waals surface area (Å²) in [6.45, 7) is 1.08. The Labute approximate surface area is 77.5 Å². The number of halogens is 3. The number of aliphatic carboxylic acids is 1.